The van der Waals surface area contributed by atoms with E-state index in [9.17, 15) is 18.3 Å². The number of nitrogens with zero attached hydrogens (tertiary/aromatic N) is 2. The van der Waals surface area contributed by atoms with Crippen molar-refractivity contribution in [2.24, 2.45) is 5.92 Å². The fraction of sp³-hybridized carbons (Fsp3) is 0.391. The van der Waals surface area contributed by atoms with Gasteiger partial charge in [0.05, 0.1) is 23.0 Å². The maximum atomic E-state index is 13.2. The van der Waals surface area contributed by atoms with Crippen molar-refractivity contribution in [1.29, 1.82) is 0 Å². The highest BCUT2D eigenvalue weighted by Gasteiger charge is 2.22. The Kier molecular flexibility index (Phi) is 6.21. The molecule has 0 aliphatic heterocycles. The zero-order valence-electron chi connectivity index (χ0n) is 18.3. The number of aromatic hydroxyl groups is 1. The maximum Gasteiger partial charge on any atom is 0.261 e. The van der Waals surface area contributed by atoms with Crippen molar-refractivity contribution in [3.05, 3.63) is 53.2 Å². The molecule has 1 saturated carbocycles. The van der Waals surface area contributed by atoms with Gasteiger partial charge in [-0.15, -0.1) is 0 Å². The quantitative estimate of drug-likeness (QED) is 0.504. The number of amides is 1. The van der Waals surface area contributed by atoms with Crippen LogP contribution in [0.1, 0.15) is 47.3 Å². The normalized spacial score (nSPS) is 14.8. The molecule has 1 aliphatic carbocycles. The van der Waals surface area contributed by atoms with E-state index in [2.05, 4.69) is 14.9 Å². The number of phenolic OH excluding ortho intramolecular Hbond substituents is 1. The summed E-state index contributed by atoms with van der Waals surface area (Å²) in [6.07, 6.45) is 6.90. The standard InChI is InChI=1S/C23H28N4O4S/c1-27(17-9-7-16(8-10-17)14-24-32(2,30)31)23(29)19-12-18-20(11-15-5-3-4-6-15)25-26-21(18)13-22(19)28/h7-10,12-13,15,24,28H,3-6,11,14H2,1-2H3,(H,25,26). The van der Waals surface area contributed by atoms with Gasteiger partial charge in [-0.25, -0.2) is 13.1 Å². The topological polar surface area (TPSA) is 115 Å². The molecule has 1 aliphatic rings. The average Bonchev–Trinajstić information content (AvgIpc) is 3.41. The first kappa shape index (κ1) is 22.3. The van der Waals surface area contributed by atoms with E-state index in [4.69, 9.17) is 0 Å². The third-order valence-electron chi connectivity index (χ3n) is 6.11. The molecule has 4 rings (SSSR count). The molecule has 32 heavy (non-hydrogen) atoms. The second-order valence-corrected chi connectivity index (χ2v) is 10.4. The van der Waals surface area contributed by atoms with Gasteiger partial charge in [0.1, 0.15) is 5.75 Å². The molecule has 1 fully saturated rings. The second-order valence-electron chi connectivity index (χ2n) is 8.56. The lowest BCUT2D eigenvalue weighted by Crippen LogP contribution is -2.26. The minimum atomic E-state index is -3.28. The lowest BCUT2D eigenvalue weighted by Gasteiger charge is -2.18. The number of aromatic amines is 1. The number of H-pyrrole nitrogens is 1. The van der Waals surface area contributed by atoms with Crippen molar-refractivity contribution in [2.45, 2.75) is 38.6 Å². The fourth-order valence-corrected chi connectivity index (χ4v) is 4.70. The number of anilines is 1. The number of phenols is 1. The molecule has 0 atom stereocenters. The summed E-state index contributed by atoms with van der Waals surface area (Å²) in [4.78, 5) is 14.6. The van der Waals surface area contributed by atoms with Gasteiger partial charge in [-0.1, -0.05) is 37.8 Å². The highest BCUT2D eigenvalue weighted by Crippen LogP contribution is 2.32. The van der Waals surface area contributed by atoms with Crippen LogP contribution in [0.3, 0.4) is 0 Å². The van der Waals surface area contributed by atoms with E-state index in [1.54, 1.807) is 43.4 Å². The molecule has 170 valence electrons. The molecule has 0 spiro atoms. The predicted octanol–water partition coefficient (Wildman–Crippen LogP) is 3.33. The summed E-state index contributed by atoms with van der Waals surface area (Å²) in [6.45, 7) is 0.179. The zero-order valence-corrected chi connectivity index (χ0v) is 19.1. The van der Waals surface area contributed by atoms with E-state index in [0.29, 0.717) is 11.6 Å². The van der Waals surface area contributed by atoms with Gasteiger partial charge in [0.15, 0.2) is 0 Å². The predicted molar refractivity (Wildman–Crippen MR) is 124 cm³/mol. The van der Waals surface area contributed by atoms with Crippen LogP contribution in [0.15, 0.2) is 36.4 Å². The molecule has 0 saturated heterocycles. The summed E-state index contributed by atoms with van der Waals surface area (Å²) in [5.74, 6) is 0.187. The zero-order chi connectivity index (χ0) is 22.9. The second kappa shape index (κ2) is 8.91. The first-order valence-electron chi connectivity index (χ1n) is 10.7. The number of benzene rings is 2. The molecule has 9 heteroatoms. The molecule has 3 N–H and O–H groups in total. The van der Waals surface area contributed by atoms with Crippen LogP contribution in [0.4, 0.5) is 5.69 Å². The van der Waals surface area contributed by atoms with Gasteiger partial charge >= 0.3 is 0 Å². The third kappa shape index (κ3) is 4.94. The van der Waals surface area contributed by atoms with Crippen LogP contribution < -0.4 is 9.62 Å². The first-order valence-corrected chi connectivity index (χ1v) is 12.6. The van der Waals surface area contributed by atoms with Gasteiger partial charge < -0.3 is 10.0 Å². The van der Waals surface area contributed by atoms with Gasteiger partial charge in [-0.3, -0.25) is 9.89 Å². The Morgan fingerprint density at radius 2 is 1.91 bits per heavy atom. The number of rotatable bonds is 7. The number of carbonyl (C=O) groups excluding carboxylic acids is 1. The van der Waals surface area contributed by atoms with Crippen LogP contribution in [0, 0.1) is 5.92 Å². The molecule has 3 aromatic rings. The first-order chi connectivity index (χ1) is 15.2. The molecule has 8 nitrogen and oxygen atoms in total. The highest BCUT2D eigenvalue weighted by atomic mass is 32.2. The Morgan fingerprint density at radius 3 is 2.56 bits per heavy atom. The number of carbonyl (C=O) groups is 1. The molecule has 0 unspecified atom stereocenters. The Morgan fingerprint density at radius 1 is 1.22 bits per heavy atom. The Balaban J connectivity index is 1.55. The summed E-state index contributed by atoms with van der Waals surface area (Å²) in [7, 11) is -1.63. The van der Waals surface area contributed by atoms with E-state index in [0.717, 1.165) is 34.8 Å². The van der Waals surface area contributed by atoms with Crippen molar-refractivity contribution in [1.82, 2.24) is 14.9 Å². The van der Waals surface area contributed by atoms with Gasteiger partial charge in [-0.2, -0.15) is 5.10 Å². The van der Waals surface area contributed by atoms with Gasteiger partial charge in [-0.05, 0) is 36.1 Å². The number of aromatic nitrogens is 2. The largest absolute Gasteiger partial charge is 0.507 e. The molecule has 1 heterocycles. The summed E-state index contributed by atoms with van der Waals surface area (Å²) in [6, 6.07) is 10.3. The van der Waals surface area contributed by atoms with E-state index in [1.807, 2.05) is 0 Å². The van der Waals surface area contributed by atoms with E-state index in [1.165, 1.54) is 30.6 Å². The Bertz CT molecular complexity index is 1230. The van der Waals surface area contributed by atoms with E-state index in [-0.39, 0.29) is 23.8 Å². The number of nitrogens with one attached hydrogen (secondary N) is 2. The van der Waals surface area contributed by atoms with Crippen molar-refractivity contribution < 1.29 is 18.3 Å². The minimum absolute atomic E-state index is 0.0978. The lowest BCUT2D eigenvalue weighted by atomic mass is 9.99. The van der Waals surface area contributed by atoms with Crippen LogP contribution >= 0.6 is 0 Å². The summed E-state index contributed by atoms with van der Waals surface area (Å²) < 4.78 is 25.0. The van der Waals surface area contributed by atoms with Crippen LogP contribution in [-0.2, 0) is 23.0 Å². The molecule has 0 radical (unpaired) electrons. The van der Waals surface area contributed by atoms with Gasteiger partial charge in [0, 0.05) is 30.7 Å². The average molecular weight is 457 g/mol. The number of fused-ring (bicyclic) bond motifs is 1. The SMILES string of the molecule is CN(C(=O)c1cc2c(CC3CCCC3)n[nH]c2cc1O)c1ccc(CNS(C)(=O)=O)cc1. The van der Waals surface area contributed by atoms with Crippen molar-refractivity contribution in [2.75, 3.05) is 18.2 Å². The molecule has 1 aromatic heterocycles. The monoisotopic (exact) mass is 456 g/mol. The van der Waals surface area contributed by atoms with Gasteiger partial charge in [0.25, 0.3) is 5.91 Å². The Hall–Kier alpha value is -2.91. The molecule has 2 aromatic carbocycles. The van der Waals surface area contributed by atoms with Gasteiger partial charge in [0.2, 0.25) is 10.0 Å². The van der Waals surface area contributed by atoms with E-state index >= 15 is 0 Å². The third-order valence-corrected chi connectivity index (χ3v) is 6.78. The molecular formula is C23H28N4O4S. The number of hydrogen-bond acceptors (Lipinski definition) is 5. The van der Waals surface area contributed by atoms with Crippen LogP contribution in [0.2, 0.25) is 0 Å². The van der Waals surface area contributed by atoms with Crippen molar-refractivity contribution in [3.63, 3.8) is 0 Å². The smallest absolute Gasteiger partial charge is 0.261 e. The maximum absolute atomic E-state index is 13.2. The summed E-state index contributed by atoms with van der Waals surface area (Å²) >= 11 is 0. The van der Waals surface area contributed by atoms with Crippen molar-refractivity contribution >= 4 is 32.5 Å². The molecular weight excluding hydrogens is 428 g/mol. The highest BCUT2D eigenvalue weighted by molar-refractivity contribution is 7.88. The summed E-state index contributed by atoms with van der Waals surface area (Å²) in [5, 5.41) is 18.8. The van der Waals surface area contributed by atoms with Crippen LogP contribution in [0.25, 0.3) is 10.9 Å². The minimum Gasteiger partial charge on any atom is -0.507 e. The van der Waals surface area contributed by atoms with Crippen LogP contribution in [-0.4, -0.2) is 42.9 Å². The van der Waals surface area contributed by atoms with Crippen LogP contribution in [0.5, 0.6) is 5.75 Å². The van der Waals surface area contributed by atoms with Crippen molar-refractivity contribution in [3.8, 4) is 5.75 Å². The number of hydrogen-bond donors (Lipinski definition) is 3. The Labute approximate surface area is 187 Å². The molecule has 1 amide bonds. The molecule has 0 bridgehead atoms. The lowest BCUT2D eigenvalue weighted by molar-refractivity contribution is 0.0990. The van der Waals surface area contributed by atoms with E-state index < -0.39 is 10.0 Å². The fourth-order valence-electron chi connectivity index (χ4n) is 4.27. The summed E-state index contributed by atoms with van der Waals surface area (Å²) in [5.41, 5.74) is 3.29. The number of sulfonamides is 1.